The van der Waals surface area contributed by atoms with Crippen LogP contribution in [0.15, 0.2) is 0 Å². The minimum atomic E-state index is -1.15. The van der Waals surface area contributed by atoms with Crippen molar-refractivity contribution in [1.82, 2.24) is 16.0 Å². The lowest BCUT2D eigenvalue weighted by Gasteiger charge is -2.29. The highest BCUT2D eigenvalue weighted by Crippen LogP contribution is 2.27. The van der Waals surface area contributed by atoms with Crippen molar-refractivity contribution < 1.29 is 24.4 Å². The van der Waals surface area contributed by atoms with E-state index in [0.29, 0.717) is 37.3 Å². The maximum Gasteiger partial charge on any atom is 0.478 e. The molecule has 0 bridgehead atoms. The summed E-state index contributed by atoms with van der Waals surface area (Å²) >= 11 is 0. The molecule has 1 aliphatic heterocycles. The van der Waals surface area contributed by atoms with Gasteiger partial charge in [-0.05, 0) is 50.9 Å². The second kappa shape index (κ2) is 12.5. The van der Waals surface area contributed by atoms with Crippen LogP contribution in [0.1, 0.15) is 71.6 Å². The fourth-order valence-electron chi connectivity index (χ4n) is 4.29. The number of carbonyl (C=O) groups excluding carboxylic acids is 1. The van der Waals surface area contributed by atoms with Crippen molar-refractivity contribution in [3.05, 3.63) is 0 Å². The van der Waals surface area contributed by atoms with Crippen molar-refractivity contribution in [1.29, 1.82) is 0 Å². The molecule has 2 fully saturated rings. The number of amides is 1. The van der Waals surface area contributed by atoms with Crippen molar-refractivity contribution in [2.45, 2.75) is 95.8 Å². The molecule has 2 rings (SSSR count). The lowest BCUT2D eigenvalue weighted by Crippen LogP contribution is -2.48. The van der Waals surface area contributed by atoms with Crippen LogP contribution in [0.5, 0.6) is 0 Å². The zero-order valence-electron chi connectivity index (χ0n) is 17.9. The Labute approximate surface area is 174 Å². The van der Waals surface area contributed by atoms with Gasteiger partial charge >= 0.3 is 13.1 Å². The van der Waals surface area contributed by atoms with Crippen LogP contribution in [0.2, 0.25) is 0 Å². The predicted molar refractivity (Wildman–Crippen MR) is 112 cm³/mol. The van der Waals surface area contributed by atoms with Gasteiger partial charge in [-0.3, -0.25) is 9.59 Å². The molecule has 9 heteroatoms. The molecule has 0 spiro atoms. The van der Waals surface area contributed by atoms with Crippen molar-refractivity contribution >= 4 is 19.0 Å². The third-order valence-corrected chi connectivity index (χ3v) is 5.90. The first-order valence-corrected chi connectivity index (χ1v) is 11.1. The summed E-state index contributed by atoms with van der Waals surface area (Å²) in [4.78, 5) is 23.3. The summed E-state index contributed by atoms with van der Waals surface area (Å²) in [7, 11) is -1.15. The number of nitrogens with one attached hydrogen (secondary N) is 3. The van der Waals surface area contributed by atoms with Gasteiger partial charge < -0.3 is 30.7 Å². The first-order valence-electron chi connectivity index (χ1n) is 11.1. The topological polar surface area (TPSA) is 120 Å². The van der Waals surface area contributed by atoms with Gasteiger partial charge in [0, 0.05) is 31.6 Å². The Balaban J connectivity index is 1.65. The monoisotopic (exact) mass is 411 g/mol. The third-order valence-electron chi connectivity index (χ3n) is 5.90. The molecule has 166 valence electrons. The summed E-state index contributed by atoms with van der Waals surface area (Å²) in [5.41, 5.74) is 0. The lowest BCUT2D eigenvalue weighted by atomic mass is 9.76. The molecule has 8 nitrogen and oxygen atoms in total. The van der Waals surface area contributed by atoms with Gasteiger partial charge in [0.2, 0.25) is 5.91 Å². The first kappa shape index (κ1) is 24.1. The van der Waals surface area contributed by atoms with E-state index in [2.05, 4.69) is 29.8 Å². The van der Waals surface area contributed by atoms with Crippen molar-refractivity contribution in [3.8, 4) is 0 Å². The van der Waals surface area contributed by atoms with Crippen molar-refractivity contribution in [2.24, 2.45) is 5.92 Å². The molecular formula is C20H38BN3O5. The largest absolute Gasteiger partial charge is 0.481 e. The zero-order valence-corrected chi connectivity index (χ0v) is 17.9. The number of carboxylic acids is 1. The Hall–Kier alpha value is -1.16. The van der Waals surface area contributed by atoms with Crippen LogP contribution in [0, 0.1) is 5.92 Å². The minimum Gasteiger partial charge on any atom is -0.481 e. The Morgan fingerprint density at radius 2 is 1.79 bits per heavy atom. The lowest BCUT2D eigenvalue weighted by molar-refractivity contribution is -0.139. The van der Waals surface area contributed by atoms with Crippen LogP contribution in [-0.2, 0) is 14.2 Å². The van der Waals surface area contributed by atoms with Gasteiger partial charge in [0.1, 0.15) is 0 Å². The molecule has 1 heterocycles. The highest BCUT2D eigenvalue weighted by Gasteiger charge is 2.35. The highest BCUT2D eigenvalue weighted by atomic mass is 16.5. The minimum absolute atomic E-state index is 0.0492. The van der Waals surface area contributed by atoms with E-state index in [-0.39, 0.29) is 12.3 Å². The molecule has 29 heavy (non-hydrogen) atoms. The zero-order chi connectivity index (χ0) is 21.2. The number of carbonyl (C=O) groups is 2. The normalized spacial score (nSPS) is 28.2. The molecule has 0 aromatic heterocycles. The summed E-state index contributed by atoms with van der Waals surface area (Å²) in [6.07, 6.45) is 6.01. The Bertz CT molecular complexity index is 514. The van der Waals surface area contributed by atoms with E-state index in [1.54, 1.807) is 0 Å². The maximum absolute atomic E-state index is 12.5. The number of hydrogen-bond donors (Lipinski definition) is 5. The molecule has 1 aliphatic carbocycles. The van der Waals surface area contributed by atoms with Gasteiger partial charge in [0.05, 0.1) is 18.5 Å². The highest BCUT2D eigenvalue weighted by molar-refractivity contribution is 6.45. The average Bonchev–Trinajstić information content (AvgIpc) is 2.80. The average molecular weight is 411 g/mol. The second-order valence-electron chi connectivity index (χ2n) is 8.84. The van der Waals surface area contributed by atoms with Gasteiger partial charge in [0.15, 0.2) is 0 Å². The molecule has 0 aromatic rings. The van der Waals surface area contributed by atoms with E-state index < -0.39 is 25.1 Å². The van der Waals surface area contributed by atoms with Crippen LogP contribution < -0.4 is 16.0 Å². The van der Waals surface area contributed by atoms with E-state index in [4.69, 9.17) is 9.76 Å². The third kappa shape index (κ3) is 9.46. The summed E-state index contributed by atoms with van der Waals surface area (Å²) in [6.45, 7) is 6.23. The molecule has 1 saturated heterocycles. The van der Waals surface area contributed by atoms with E-state index in [1.807, 2.05) is 0 Å². The number of aliphatic carboxylic acids is 1. The molecule has 1 saturated carbocycles. The van der Waals surface area contributed by atoms with Crippen LogP contribution in [0.25, 0.3) is 0 Å². The van der Waals surface area contributed by atoms with Crippen LogP contribution in [0.3, 0.4) is 0 Å². The molecule has 1 amide bonds. The molecule has 2 atom stereocenters. The Morgan fingerprint density at radius 3 is 2.45 bits per heavy atom. The summed E-state index contributed by atoms with van der Waals surface area (Å²) < 4.78 is 5.45. The van der Waals surface area contributed by atoms with E-state index in [1.165, 1.54) is 0 Å². The van der Waals surface area contributed by atoms with Crippen molar-refractivity contribution in [3.63, 3.8) is 0 Å². The number of carboxylic acid groups (broad SMARTS) is 1. The summed E-state index contributed by atoms with van der Waals surface area (Å²) in [6, 6.07) is 1.04. The number of hydrogen-bond acceptors (Lipinski definition) is 6. The standard InChI is InChI=1S/C20H38BN3O5/c1-14(2)22-10-11-23-16-8-6-15(7-9-16)12-19(25)24-18-5-3-4-17(13-20(26)27)29-21(18)28/h14-18,22-23,28H,3-13H2,1-2H3,(H,24,25)(H,26,27)/t15-,16-,17-,18+/m1/s1. The van der Waals surface area contributed by atoms with Crippen LogP contribution in [-0.4, -0.2) is 66.3 Å². The molecule has 0 radical (unpaired) electrons. The Morgan fingerprint density at radius 1 is 1.07 bits per heavy atom. The Kier molecular flexibility index (Phi) is 10.4. The smallest absolute Gasteiger partial charge is 0.478 e. The van der Waals surface area contributed by atoms with Gasteiger partial charge in [-0.2, -0.15) is 0 Å². The van der Waals surface area contributed by atoms with Crippen LogP contribution in [0.4, 0.5) is 0 Å². The number of rotatable bonds is 10. The molecule has 2 aliphatic rings. The van der Waals surface area contributed by atoms with Gasteiger partial charge in [-0.15, -0.1) is 0 Å². The van der Waals surface area contributed by atoms with Gasteiger partial charge in [-0.25, -0.2) is 0 Å². The van der Waals surface area contributed by atoms with E-state index in [0.717, 1.165) is 45.2 Å². The van der Waals surface area contributed by atoms with E-state index >= 15 is 0 Å². The first-order chi connectivity index (χ1) is 13.8. The predicted octanol–water partition coefficient (Wildman–Crippen LogP) is 1.07. The van der Waals surface area contributed by atoms with Crippen LogP contribution >= 0.6 is 0 Å². The molecular weight excluding hydrogens is 373 g/mol. The summed E-state index contributed by atoms with van der Waals surface area (Å²) in [5.74, 6) is -1.07. The molecule has 0 unspecified atom stereocenters. The van der Waals surface area contributed by atoms with Crippen molar-refractivity contribution in [2.75, 3.05) is 13.1 Å². The van der Waals surface area contributed by atoms with E-state index in [9.17, 15) is 14.6 Å². The van der Waals surface area contributed by atoms with Gasteiger partial charge in [-0.1, -0.05) is 13.8 Å². The SMILES string of the molecule is CC(C)NCCN[C@H]1CC[C@H](CC(=O)N[C@H]2CCC[C@H](CC(=O)O)OB2O)CC1. The quantitative estimate of drug-likeness (QED) is 0.269. The molecule has 0 aromatic carbocycles. The fraction of sp³-hybridized carbons (Fsp3) is 0.900. The molecule has 5 N–H and O–H groups in total. The maximum atomic E-state index is 12.5. The summed E-state index contributed by atoms with van der Waals surface area (Å²) in [5, 5.41) is 29.0. The fourth-order valence-corrected chi connectivity index (χ4v) is 4.29. The van der Waals surface area contributed by atoms with Gasteiger partial charge in [0.25, 0.3) is 0 Å². The second-order valence-corrected chi connectivity index (χ2v) is 8.84.